The Labute approximate surface area is 186 Å². The maximum absolute atomic E-state index is 12.5. The van der Waals surface area contributed by atoms with E-state index in [4.69, 9.17) is 0 Å². The van der Waals surface area contributed by atoms with Gasteiger partial charge in [0.05, 0.1) is 16.8 Å². The second-order valence-electron chi connectivity index (χ2n) is 7.30. The fraction of sp³-hybridized carbons (Fsp3) is 0.273. The van der Waals surface area contributed by atoms with Gasteiger partial charge in [-0.05, 0) is 67.1 Å². The fourth-order valence-corrected chi connectivity index (χ4v) is 5.18. The Morgan fingerprint density at radius 3 is 2.48 bits per heavy atom. The van der Waals surface area contributed by atoms with E-state index in [1.807, 2.05) is 23.6 Å². The van der Waals surface area contributed by atoms with E-state index in [0.29, 0.717) is 24.3 Å². The Hall–Kier alpha value is -2.75. The van der Waals surface area contributed by atoms with Crippen LogP contribution in [0.15, 0.2) is 65.0 Å². The van der Waals surface area contributed by atoms with E-state index >= 15 is 0 Å². The molecule has 1 aliphatic heterocycles. The van der Waals surface area contributed by atoms with Crippen LogP contribution in [0.3, 0.4) is 0 Å². The van der Waals surface area contributed by atoms with Crippen molar-refractivity contribution in [1.82, 2.24) is 9.71 Å². The minimum Gasteiger partial charge on any atom is -0.370 e. The van der Waals surface area contributed by atoms with Gasteiger partial charge in [-0.3, -0.25) is 4.79 Å². The van der Waals surface area contributed by atoms with Crippen LogP contribution in [0.4, 0.5) is 11.5 Å². The van der Waals surface area contributed by atoms with Crippen molar-refractivity contribution in [2.24, 2.45) is 0 Å². The zero-order valence-electron chi connectivity index (χ0n) is 17.0. The van der Waals surface area contributed by atoms with E-state index in [-0.39, 0.29) is 10.8 Å². The lowest BCUT2D eigenvalue weighted by molar-refractivity contribution is 0.102. The predicted octanol–water partition coefficient (Wildman–Crippen LogP) is 3.52. The van der Waals surface area contributed by atoms with Crippen molar-refractivity contribution in [3.63, 3.8) is 0 Å². The van der Waals surface area contributed by atoms with E-state index in [2.05, 4.69) is 19.9 Å². The number of carbonyl (C=O) groups excluding carboxylic acids is 1. The fourth-order valence-electron chi connectivity index (χ4n) is 3.44. The van der Waals surface area contributed by atoms with Gasteiger partial charge in [-0.25, -0.2) is 18.1 Å². The smallest absolute Gasteiger partial charge is 0.256 e. The van der Waals surface area contributed by atoms with Crippen LogP contribution in [0.2, 0.25) is 0 Å². The molecule has 0 radical (unpaired) electrons. The molecule has 0 saturated carbocycles. The molecule has 0 aliphatic carbocycles. The van der Waals surface area contributed by atoms with Crippen LogP contribution in [0.1, 0.15) is 28.1 Å². The molecule has 9 heteroatoms. The van der Waals surface area contributed by atoms with Gasteiger partial charge in [-0.15, -0.1) is 11.3 Å². The number of pyridine rings is 1. The Balaban J connectivity index is 1.34. The summed E-state index contributed by atoms with van der Waals surface area (Å²) in [5.74, 6) is 0.121. The second-order valence-corrected chi connectivity index (χ2v) is 10.1. The average Bonchev–Trinajstić information content (AvgIpc) is 3.49. The molecule has 7 nitrogen and oxygen atoms in total. The standard InChI is InChI=1S/C22H24N4O3S2/c27-22(25-21-10-7-18(16-23-21)26-13-1-2-14-26)17-5-8-20(9-6-17)31(28,29)24-12-11-19-4-3-15-30-19/h3-10,15-16,24H,1-2,11-14H2,(H,23,25,27). The summed E-state index contributed by atoms with van der Waals surface area (Å²) in [6.45, 7) is 2.39. The van der Waals surface area contributed by atoms with Crippen molar-refractivity contribution in [2.45, 2.75) is 24.2 Å². The summed E-state index contributed by atoms with van der Waals surface area (Å²) in [7, 11) is -3.62. The summed E-state index contributed by atoms with van der Waals surface area (Å²) in [5.41, 5.74) is 1.42. The summed E-state index contributed by atoms with van der Waals surface area (Å²) in [5, 5.41) is 4.71. The molecule has 0 bridgehead atoms. The first kappa shape index (κ1) is 21.5. The number of nitrogens with zero attached hydrogens (tertiary/aromatic N) is 2. The van der Waals surface area contributed by atoms with Crippen LogP contribution in [-0.4, -0.2) is 38.9 Å². The van der Waals surface area contributed by atoms with E-state index in [1.54, 1.807) is 23.6 Å². The summed E-state index contributed by atoms with van der Waals surface area (Å²) >= 11 is 1.60. The Kier molecular flexibility index (Phi) is 6.64. The molecule has 1 aromatic carbocycles. The Morgan fingerprint density at radius 1 is 1.06 bits per heavy atom. The highest BCUT2D eigenvalue weighted by molar-refractivity contribution is 7.89. The molecular weight excluding hydrogens is 432 g/mol. The molecule has 1 saturated heterocycles. The van der Waals surface area contributed by atoms with Crippen molar-refractivity contribution >= 4 is 38.8 Å². The van der Waals surface area contributed by atoms with Gasteiger partial charge in [0.2, 0.25) is 10.0 Å². The molecule has 3 aromatic rings. The summed E-state index contributed by atoms with van der Waals surface area (Å²) < 4.78 is 27.5. The summed E-state index contributed by atoms with van der Waals surface area (Å²) in [6, 6.07) is 13.5. The lowest BCUT2D eigenvalue weighted by Gasteiger charge is -2.17. The van der Waals surface area contributed by atoms with Crippen LogP contribution in [-0.2, 0) is 16.4 Å². The normalized spacial score (nSPS) is 14.0. The van der Waals surface area contributed by atoms with Crippen LogP contribution in [0, 0.1) is 0 Å². The van der Waals surface area contributed by atoms with Gasteiger partial charge in [-0.1, -0.05) is 6.07 Å². The van der Waals surface area contributed by atoms with Crippen molar-refractivity contribution in [1.29, 1.82) is 0 Å². The first-order chi connectivity index (χ1) is 15.0. The van der Waals surface area contributed by atoms with Crippen LogP contribution in [0.5, 0.6) is 0 Å². The number of hydrogen-bond acceptors (Lipinski definition) is 6. The number of aromatic nitrogens is 1. The van der Waals surface area contributed by atoms with Gasteiger partial charge in [0.1, 0.15) is 5.82 Å². The first-order valence-electron chi connectivity index (χ1n) is 10.2. The highest BCUT2D eigenvalue weighted by Gasteiger charge is 2.16. The molecule has 0 spiro atoms. The Bertz CT molecular complexity index is 1110. The molecule has 31 heavy (non-hydrogen) atoms. The maximum atomic E-state index is 12.5. The third kappa shape index (κ3) is 5.49. The molecule has 4 rings (SSSR count). The third-order valence-electron chi connectivity index (χ3n) is 5.13. The Morgan fingerprint density at radius 2 is 1.84 bits per heavy atom. The monoisotopic (exact) mass is 456 g/mol. The number of anilines is 2. The summed E-state index contributed by atoms with van der Waals surface area (Å²) in [4.78, 5) is 20.3. The zero-order valence-corrected chi connectivity index (χ0v) is 18.6. The molecule has 1 amide bonds. The number of sulfonamides is 1. The number of amides is 1. The van der Waals surface area contributed by atoms with E-state index < -0.39 is 10.0 Å². The first-order valence-corrected chi connectivity index (χ1v) is 12.5. The molecule has 0 unspecified atom stereocenters. The topological polar surface area (TPSA) is 91.4 Å². The van der Waals surface area contributed by atoms with Gasteiger partial charge in [0, 0.05) is 30.1 Å². The van der Waals surface area contributed by atoms with Crippen LogP contribution in [0.25, 0.3) is 0 Å². The lowest BCUT2D eigenvalue weighted by Crippen LogP contribution is -2.26. The summed E-state index contributed by atoms with van der Waals surface area (Å²) in [6.07, 6.45) is 4.78. The largest absolute Gasteiger partial charge is 0.370 e. The van der Waals surface area contributed by atoms with Crippen molar-refractivity contribution < 1.29 is 13.2 Å². The number of thiophene rings is 1. The molecule has 2 aromatic heterocycles. The molecular formula is C22H24N4O3S2. The SMILES string of the molecule is O=C(Nc1ccc(N2CCCC2)cn1)c1ccc(S(=O)(=O)NCCc2cccs2)cc1. The number of nitrogens with one attached hydrogen (secondary N) is 2. The van der Waals surface area contributed by atoms with Gasteiger partial charge in [0.15, 0.2) is 0 Å². The zero-order chi connectivity index (χ0) is 21.7. The van der Waals surface area contributed by atoms with Crippen molar-refractivity contribution in [2.75, 3.05) is 29.9 Å². The maximum Gasteiger partial charge on any atom is 0.256 e. The highest BCUT2D eigenvalue weighted by Crippen LogP contribution is 2.20. The lowest BCUT2D eigenvalue weighted by atomic mass is 10.2. The van der Waals surface area contributed by atoms with Crippen molar-refractivity contribution in [3.05, 3.63) is 70.5 Å². The third-order valence-corrected chi connectivity index (χ3v) is 7.54. The van der Waals surface area contributed by atoms with Gasteiger partial charge < -0.3 is 10.2 Å². The number of rotatable bonds is 8. The molecule has 1 fully saturated rings. The van der Waals surface area contributed by atoms with E-state index in [1.165, 1.54) is 37.1 Å². The average molecular weight is 457 g/mol. The number of hydrogen-bond donors (Lipinski definition) is 2. The van der Waals surface area contributed by atoms with E-state index in [9.17, 15) is 13.2 Å². The minimum atomic E-state index is -3.62. The molecule has 1 aliphatic rings. The number of carbonyl (C=O) groups is 1. The van der Waals surface area contributed by atoms with E-state index in [0.717, 1.165) is 23.7 Å². The second kappa shape index (κ2) is 9.59. The predicted molar refractivity (Wildman–Crippen MR) is 123 cm³/mol. The molecule has 3 heterocycles. The van der Waals surface area contributed by atoms with Gasteiger partial charge in [0.25, 0.3) is 5.91 Å². The van der Waals surface area contributed by atoms with Crippen LogP contribution < -0.4 is 14.9 Å². The van der Waals surface area contributed by atoms with Crippen molar-refractivity contribution in [3.8, 4) is 0 Å². The minimum absolute atomic E-state index is 0.128. The highest BCUT2D eigenvalue weighted by atomic mass is 32.2. The van der Waals surface area contributed by atoms with Gasteiger partial charge >= 0.3 is 0 Å². The van der Waals surface area contributed by atoms with Crippen LogP contribution >= 0.6 is 11.3 Å². The quantitative estimate of drug-likeness (QED) is 0.541. The molecule has 2 N–H and O–H groups in total. The number of benzene rings is 1. The molecule has 162 valence electrons. The van der Waals surface area contributed by atoms with Gasteiger partial charge in [-0.2, -0.15) is 0 Å². The molecule has 0 atom stereocenters.